The number of thiazole rings is 1. The second kappa shape index (κ2) is 5.85. The smallest absolute Gasteiger partial charge is 0.178 e. The Hall–Kier alpha value is -2.27. The molecule has 0 saturated carbocycles. The SMILES string of the molecule is CC(=O)c1csc(CC(=O)Cc2coc3cc(C)ccc23)n1. The largest absolute Gasteiger partial charge is 0.464 e. The Bertz CT molecular complexity index is 860. The molecule has 4 nitrogen and oxygen atoms in total. The van der Waals surface area contributed by atoms with Gasteiger partial charge in [-0.05, 0) is 18.6 Å². The van der Waals surface area contributed by atoms with E-state index in [1.807, 2.05) is 25.1 Å². The van der Waals surface area contributed by atoms with Crippen molar-refractivity contribution >= 4 is 33.9 Å². The number of ketones is 2. The second-order valence-corrected chi connectivity index (χ2v) is 6.28. The first-order chi connectivity index (χ1) is 10.5. The number of carbonyl (C=O) groups is 2. The van der Waals surface area contributed by atoms with E-state index >= 15 is 0 Å². The molecule has 0 aliphatic rings. The highest BCUT2D eigenvalue weighted by molar-refractivity contribution is 7.09. The van der Waals surface area contributed by atoms with E-state index < -0.39 is 0 Å². The van der Waals surface area contributed by atoms with Crippen LogP contribution in [0.4, 0.5) is 0 Å². The Balaban J connectivity index is 1.74. The molecular formula is C17H15NO3S. The van der Waals surface area contributed by atoms with Crippen LogP contribution in [0.5, 0.6) is 0 Å². The molecule has 2 aromatic heterocycles. The third-order valence-electron chi connectivity index (χ3n) is 3.46. The van der Waals surface area contributed by atoms with Crippen LogP contribution in [0.2, 0.25) is 0 Å². The van der Waals surface area contributed by atoms with E-state index in [1.165, 1.54) is 18.3 Å². The Morgan fingerprint density at radius 3 is 2.82 bits per heavy atom. The van der Waals surface area contributed by atoms with E-state index in [1.54, 1.807) is 11.6 Å². The summed E-state index contributed by atoms with van der Waals surface area (Å²) in [6.07, 6.45) is 2.20. The summed E-state index contributed by atoms with van der Waals surface area (Å²) >= 11 is 1.35. The molecule has 22 heavy (non-hydrogen) atoms. The molecule has 0 amide bonds. The predicted molar refractivity (Wildman–Crippen MR) is 85.5 cm³/mol. The number of Topliss-reactive ketones (excluding diaryl/α,β-unsaturated/α-hetero) is 2. The van der Waals surface area contributed by atoms with Crippen LogP contribution in [0.15, 0.2) is 34.3 Å². The van der Waals surface area contributed by atoms with Gasteiger partial charge in [0.15, 0.2) is 5.78 Å². The highest BCUT2D eigenvalue weighted by Crippen LogP contribution is 2.23. The van der Waals surface area contributed by atoms with Gasteiger partial charge in [-0.3, -0.25) is 9.59 Å². The van der Waals surface area contributed by atoms with Gasteiger partial charge in [0.2, 0.25) is 0 Å². The molecule has 0 saturated heterocycles. The minimum Gasteiger partial charge on any atom is -0.464 e. The molecule has 112 valence electrons. The van der Waals surface area contributed by atoms with E-state index in [-0.39, 0.29) is 18.0 Å². The number of furan rings is 1. The van der Waals surface area contributed by atoms with Crippen molar-refractivity contribution in [1.82, 2.24) is 4.98 Å². The monoisotopic (exact) mass is 313 g/mol. The minimum absolute atomic E-state index is 0.0627. The van der Waals surface area contributed by atoms with Crippen molar-refractivity contribution in [3.8, 4) is 0 Å². The summed E-state index contributed by atoms with van der Waals surface area (Å²) in [5, 5.41) is 3.35. The summed E-state index contributed by atoms with van der Waals surface area (Å²) in [6.45, 7) is 3.47. The molecule has 0 atom stereocenters. The lowest BCUT2D eigenvalue weighted by molar-refractivity contribution is -0.117. The molecule has 0 bridgehead atoms. The van der Waals surface area contributed by atoms with Crippen LogP contribution in [0.1, 0.15) is 33.5 Å². The summed E-state index contributed by atoms with van der Waals surface area (Å²) in [7, 11) is 0. The molecule has 0 fully saturated rings. The Kier molecular flexibility index (Phi) is 3.90. The van der Waals surface area contributed by atoms with E-state index in [9.17, 15) is 9.59 Å². The normalized spacial score (nSPS) is 11.0. The zero-order valence-corrected chi connectivity index (χ0v) is 13.2. The van der Waals surface area contributed by atoms with E-state index in [2.05, 4.69) is 4.98 Å². The zero-order chi connectivity index (χ0) is 15.7. The summed E-state index contributed by atoms with van der Waals surface area (Å²) < 4.78 is 5.51. The molecule has 0 aliphatic carbocycles. The number of nitrogens with zero attached hydrogens (tertiary/aromatic N) is 1. The van der Waals surface area contributed by atoms with Gasteiger partial charge in [0.1, 0.15) is 22.1 Å². The van der Waals surface area contributed by atoms with Gasteiger partial charge in [-0.1, -0.05) is 12.1 Å². The van der Waals surface area contributed by atoms with Gasteiger partial charge in [0.25, 0.3) is 0 Å². The summed E-state index contributed by atoms with van der Waals surface area (Å²) in [5.41, 5.74) is 3.25. The molecule has 0 radical (unpaired) electrons. The second-order valence-electron chi connectivity index (χ2n) is 5.34. The molecule has 1 aromatic carbocycles. The predicted octanol–water partition coefficient (Wildman–Crippen LogP) is 3.75. The van der Waals surface area contributed by atoms with Crippen LogP contribution in [-0.2, 0) is 17.6 Å². The Morgan fingerprint density at radius 2 is 2.09 bits per heavy atom. The number of hydrogen-bond donors (Lipinski definition) is 0. The summed E-state index contributed by atoms with van der Waals surface area (Å²) in [4.78, 5) is 27.6. The third-order valence-corrected chi connectivity index (χ3v) is 4.31. The number of rotatable bonds is 5. The summed E-state index contributed by atoms with van der Waals surface area (Å²) in [5.74, 6) is -0.0149. The topological polar surface area (TPSA) is 60.2 Å². The minimum atomic E-state index is -0.0776. The molecule has 0 spiro atoms. The average Bonchev–Trinajstić information content (AvgIpc) is 3.06. The van der Waals surface area contributed by atoms with Crippen molar-refractivity contribution < 1.29 is 14.0 Å². The lowest BCUT2D eigenvalue weighted by Gasteiger charge is -1.98. The van der Waals surface area contributed by atoms with Crippen molar-refractivity contribution in [1.29, 1.82) is 0 Å². The number of benzene rings is 1. The fourth-order valence-corrected chi connectivity index (χ4v) is 3.19. The van der Waals surface area contributed by atoms with Crippen LogP contribution < -0.4 is 0 Å². The molecule has 0 N–H and O–H groups in total. The fraction of sp³-hybridized carbons (Fsp3) is 0.235. The van der Waals surface area contributed by atoms with Gasteiger partial charge in [-0.15, -0.1) is 11.3 Å². The van der Waals surface area contributed by atoms with Crippen LogP contribution in [0.3, 0.4) is 0 Å². The van der Waals surface area contributed by atoms with Crippen LogP contribution in [0.25, 0.3) is 11.0 Å². The van der Waals surface area contributed by atoms with Crippen LogP contribution in [-0.4, -0.2) is 16.6 Å². The van der Waals surface area contributed by atoms with Crippen molar-refractivity contribution in [2.45, 2.75) is 26.7 Å². The van der Waals surface area contributed by atoms with E-state index in [4.69, 9.17) is 4.42 Å². The lowest BCUT2D eigenvalue weighted by atomic mass is 10.1. The molecule has 3 aromatic rings. The van der Waals surface area contributed by atoms with Gasteiger partial charge in [0.05, 0.1) is 12.7 Å². The van der Waals surface area contributed by atoms with Gasteiger partial charge in [-0.25, -0.2) is 4.98 Å². The first-order valence-electron chi connectivity index (χ1n) is 6.96. The van der Waals surface area contributed by atoms with Gasteiger partial charge in [-0.2, -0.15) is 0 Å². The molecule has 0 unspecified atom stereocenters. The van der Waals surface area contributed by atoms with Crippen molar-refractivity contribution in [3.63, 3.8) is 0 Å². The number of aromatic nitrogens is 1. The number of fused-ring (bicyclic) bond motifs is 1. The van der Waals surface area contributed by atoms with Crippen molar-refractivity contribution in [2.75, 3.05) is 0 Å². The molecule has 2 heterocycles. The lowest BCUT2D eigenvalue weighted by Crippen LogP contribution is -2.06. The van der Waals surface area contributed by atoms with Crippen LogP contribution >= 0.6 is 11.3 Å². The van der Waals surface area contributed by atoms with Crippen molar-refractivity contribution in [3.05, 3.63) is 51.7 Å². The molecular weight excluding hydrogens is 298 g/mol. The highest BCUT2D eigenvalue weighted by atomic mass is 32.1. The maximum absolute atomic E-state index is 12.2. The first-order valence-corrected chi connectivity index (χ1v) is 7.84. The van der Waals surface area contributed by atoms with E-state index in [0.29, 0.717) is 17.1 Å². The van der Waals surface area contributed by atoms with Crippen LogP contribution in [0, 0.1) is 6.92 Å². The standard InChI is InChI=1S/C17H15NO3S/c1-10-3-4-14-12(8-21-16(14)5-10)6-13(20)7-17-18-15(9-22-17)11(2)19/h3-5,8-9H,6-7H2,1-2H3. The Labute approximate surface area is 131 Å². The first kappa shape index (κ1) is 14.7. The molecule has 0 aliphatic heterocycles. The quantitative estimate of drug-likeness (QED) is 0.673. The molecule has 3 rings (SSSR count). The van der Waals surface area contributed by atoms with E-state index in [0.717, 1.165) is 22.1 Å². The Morgan fingerprint density at radius 1 is 1.27 bits per heavy atom. The van der Waals surface area contributed by atoms with Gasteiger partial charge in [0, 0.05) is 29.7 Å². The number of carbonyl (C=O) groups excluding carboxylic acids is 2. The average molecular weight is 313 g/mol. The number of aryl methyl sites for hydroxylation is 1. The number of hydrogen-bond acceptors (Lipinski definition) is 5. The van der Waals surface area contributed by atoms with Crippen molar-refractivity contribution in [2.24, 2.45) is 0 Å². The third kappa shape index (κ3) is 2.99. The summed E-state index contributed by atoms with van der Waals surface area (Å²) in [6, 6.07) is 5.95. The fourth-order valence-electron chi connectivity index (χ4n) is 2.32. The highest BCUT2D eigenvalue weighted by Gasteiger charge is 2.14. The maximum atomic E-state index is 12.2. The molecule has 5 heteroatoms. The van der Waals surface area contributed by atoms with Gasteiger partial charge < -0.3 is 4.42 Å². The maximum Gasteiger partial charge on any atom is 0.178 e. The van der Waals surface area contributed by atoms with Gasteiger partial charge >= 0.3 is 0 Å². The zero-order valence-electron chi connectivity index (χ0n) is 12.4.